The Balaban J connectivity index is 1.26. The summed E-state index contributed by atoms with van der Waals surface area (Å²) in [6.07, 6.45) is -3.14. The van der Waals surface area contributed by atoms with Crippen LogP contribution in [0, 0.1) is 0 Å². The molecule has 3 N–H and O–H groups in total. The van der Waals surface area contributed by atoms with E-state index < -0.39 is 23.6 Å². The minimum Gasteiger partial charge on any atom is -0.487 e. The minimum absolute atomic E-state index is 0.0842. The predicted octanol–water partition coefficient (Wildman–Crippen LogP) is 6.53. The van der Waals surface area contributed by atoms with Gasteiger partial charge in [0.05, 0.1) is 34.5 Å². The zero-order valence-electron chi connectivity index (χ0n) is 20.4. The molecule has 0 radical (unpaired) electrons. The van der Waals surface area contributed by atoms with Gasteiger partial charge in [-0.05, 0) is 59.7 Å². The molecule has 8 nitrogen and oxygen atoms in total. The van der Waals surface area contributed by atoms with E-state index in [0.717, 1.165) is 29.0 Å². The Morgan fingerprint density at radius 3 is 2.58 bits per heavy atom. The van der Waals surface area contributed by atoms with Gasteiger partial charge in [0, 0.05) is 11.1 Å². The van der Waals surface area contributed by atoms with Gasteiger partial charge in [-0.2, -0.15) is 18.3 Å². The molecule has 0 aliphatic carbocycles. The van der Waals surface area contributed by atoms with Gasteiger partial charge in [0.2, 0.25) is 5.91 Å². The van der Waals surface area contributed by atoms with E-state index >= 15 is 0 Å². The molecule has 0 unspecified atom stereocenters. The number of rotatable bonds is 10. The first-order valence-corrected chi connectivity index (χ1v) is 12.8. The second-order valence-corrected chi connectivity index (χ2v) is 9.56. The number of carboxylic acids is 1. The molecular weight excluding hydrogens is 569 g/mol. The van der Waals surface area contributed by atoms with Crippen LogP contribution >= 0.6 is 22.9 Å². The van der Waals surface area contributed by atoms with Gasteiger partial charge < -0.3 is 15.2 Å². The monoisotopic (exact) mass is 588 g/mol. The highest BCUT2D eigenvalue weighted by atomic mass is 35.5. The van der Waals surface area contributed by atoms with E-state index in [0.29, 0.717) is 27.2 Å². The number of ether oxygens (including phenoxy) is 1. The minimum atomic E-state index is -4.45. The average Bonchev–Trinajstić information content (AvgIpc) is 3.34. The topological polar surface area (TPSA) is 113 Å². The number of aromatic nitrogens is 1. The first-order chi connectivity index (χ1) is 19.1. The number of hydrazone groups is 1. The van der Waals surface area contributed by atoms with Crippen molar-refractivity contribution in [3.8, 4) is 5.75 Å². The number of amides is 1. The molecule has 1 aromatic heterocycles. The van der Waals surface area contributed by atoms with Crippen molar-refractivity contribution < 1.29 is 32.6 Å². The molecular formula is C27H20ClF3N4O4S. The van der Waals surface area contributed by atoms with Gasteiger partial charge in [-0.3, -0.25) is 4.79 Å². The van der Waals surface area contributed by atoms with Crippen LogP contribution in [0.25, 0.3) is 0 Å². The third-order valence-electron chi connectivity index (χ3n) is 5.29. The number of carbonyl (C=O) groups is 2. The molecule has 0 saturated heterocycles. The molecule has 3 aromatic carbocycles. The van der Waals surface area contributed by atoms with Crippen LogP contribution in [0.15, 0.2) is 77.2 Å². The van der Waals surface area contributed by atoms with Gasteiger partial charge >= 0.3 is 12.1 Å². The van der Waals surface area contributed by atoms with Crippen LogP contribution in [-0.2, 0) is 24.0 Å². The summed E-state index contributed by atoms with van der Waals surface area (Å²) in [5.41, 5.74) is 3.82. The first kappa shape index (κ1) is 28.6. The van der Waals surface area contributed by atoms with E-state index in [9.17, 15) is 22.8 Å². The zero-order valence-corrected chi connectivity index (χ0v) is 22.0. The van der Waals surface area contributed by atoms with Crippen molar-refractivity contribution in [2.75, 3.05) is 5.32 Å². The molecule has 13 heteroatoms. The number of nitrogens with zero attached hydrogens (tertiary/aromatic N) is 2. The van der Waals surface area contributed by atoms with Gasteiger partial charge in [0.1, 0.15) is 12.4 Å². The van der Waals surface area contributed by atoms with Crippen molar-refractivity contribution in [3.05, 3.63) is 105 Å². The summed E-state index contributed by atoms with van der Waals surface area (Å²) in [6.45, 7) is 0.191. The maximum absolute atomic E-state index is 12.9. The van der Waals surface area contributed by atoms with Gasteiger partial charge in [-0.25, -0.2) is 15.2 Å². The summed E-state index contributed by atoms with van der Waals surface area (Å²) in [5, 5.41) is 18.0. The quantitative estimate of drug-likeness (QED) is 0.143. The number of nitrogens with one attached hydrogen (secondary N) is 2. The first-order valence-electron chi connectivity index (χ1n) is 11.5. The average molecular weight is 589 g/mol. The summed E-state index contributed by atoms with van der Waals surface area (Å²) >= 11 is 7.44. The summed E-state index contributed by atoms with van der Waals surface area (Å²) in [7, 11) is 0. The molecule has 0 spiro atoms. The van der Waals surface area contributed by atoms with Gasteiger partial charge in [0.25, 0.3) is 0 Å². The molecule has 206 valence electrons. The standard InChI is InChI=1S/C27H20ClF3N4O4S/c28-22-10-17(6-9-23(22)39-14-16-4-7-18(8-5-16)25(37)38)13-32-35-24(36)12-21-15-40-26(34-21)33-20-3-1-2-19(11-20)27(29,30)31/h1-11,13,15H,12,14H2,(H,33,34)(H,35,36)(H,37,38)/b32-13-. The van der Waals surface area contributed by atoms with E-state index in [1.54, 1.807) is 35.7 Å². The molecule has 4 rings (SSSR count). The second kappa shape index (κ2) is 12.6. The Morgan fingerprint density at radius 2 is 1.88 bits per heavy atom. The fourth-order valence-corrected chi connectivity index (χ4v) is 4.32. The highest BCUT2D eigenvalue weighted by Gasteiger charge is 2.30. The Labute approximate surface area is 235 Å². The number of carboxylic acid groups (broad SMARTS) is 1. The lowest BCUT2D eigenvalue weighted by Crippen LogP contribution is -2.19. The highest BCUT2D eigenvalue weighted by molar-refractivity contribution is 7.13. The fraction of sp³-hybridized carbons (Fsp3) is 0.111. The van der Waals surface area contributed by atoms with Crippen LogP contribution < -0.4 is 15.5 Å². The maximum Gasteiger partial charge on any atom is 0.416 e. The van der Waals surface area contributed by atoms with Crippen LogP contribution in [0.3, 0.4) is 0 Å². The number of carbonyl (C=O) groups excluding carboxylic acids is 1. The van der Waals surface area contributed by atoms with E-state index in [1.807, 2.05) is 0 Å². The lowest BCUT2D eigenvalue weighted by molar-refractivity contribution is -0.137. The largest absolute Gasteiger partial charge is 0.487 e. The molecule has 4 aromatic rings. The normalized spacial score (nSPS) is 11.4. The number of benzene rings is 3. The van der Waals surface area contributed by atoms with E-state index in [4.69, 9.17) is 21.4 Å². The second-order valence-electron chi connectivity index (χ2n) is 8.30. The third-order valence-corrected chi connectivity index (χ3v) is 6.39. The molecule has 0 fully saturated rings. The summed E-state index contributed by atoms with van der Waals surface area (Å²) in [4.78, 5) is 27.4. The number of halogens is 4. The smallest absolute Gasteiger partial charge is 0.416 e. The van der Waals surface area contributed by atoms with Crippen molar-refractivity contribution >= 4 is 51.8 Å². The van der Waals surface area contributed by atoms with Crippen molar-refractivity contribution in [1.29, 1.82) is 0 Å². The molecule has 1 amide bonds. The van der Waals surface area contributed by atoms with E-state index in [-0.39, 0.29) is 24.3 Å². The maximum atomic E-state index is 12.9. The Bertz CT molecular complexity index is 1540. The van der Waals surface area contributed by atoms with Crippen LogP contribution in [0.2, 0.25) is 5.02 Å². The number of thiazole rings is 1. The number of aromatic carboxylic acids is 1. The number of alkyl halides is 3. The lowest BCUT2D eigenvalue weighted by Gasteiger charge is -2.09. The van der Waals surface area contributed by atoms with Crippen LogP contribution in [-0.4, -0.2) is 28.2 Å². The highest BCUT2D eigenvalue weighted by Crippen LogP contribution is 2.32. The van der Waals surface area contributed by atoms with Crippen molar-refractivity contribution in [2.45, 2.75) is 19.2 Å². The Kier molecular flexibility index (Phi) is 9.02. The molecule has 0 bridgehead atoms. The Hall–Kier alpha value is -4.42. The lowest BCUT2D eigenvalue weighted by atomic mass is 10.1. The molecule has 40 heavy (non-hydrogen) atoms. The summed E-state index contributed by atoms with van der Waals surface area (Å²) < 4.78 is 44.4. The summed E-state index contributed by atoms with van der Waals surface area (Å²) in [6, 6.07) is 16.0. The van der Waals surface area contributed by atoms with Crippen LogP contribution in [0.5, 0.6) is 5.75 Å². The predicted molar refractivity (Wildman–Crippen MR) is 145 cm³/mol. The molecule has 1 heterocycles. The van der Waals surface area contributed by atoms with Crippen LogP contribution in [0.4, 0.5) is 24.0 Å². The van der Waals surface area contributed by atoms with Gasteiger partial charge in [-0.15, -0.1) is 11.3 Å². The van der Waals surface area contributed by atoms with Crippen molar-refractivity contribution in [3.63, 3.8) is 0 Å². The van der Waals surface area contributed by atoms with Crippen molar-refractivity contribution in [1.82, 2.24) is 10.4 Å². The molecule has 0 atom stereocenters. The molecule has 0 saturated carbocycles. The summed E-state index contributed by atoms with van der Waals surface area (Å²) in [5.74, 6) is -1.03. The molecule has 0 aliphatic rings. The van der Waals surface area contributed by atoms with Crippen molar-refractivity contribution in [2.24, 2.45) is 5.10 Å². The van der Waals surface area contributed by atoms with Gasteiger partial charge in [-0.1, -0.05) is 29.8 Å². The van der Waals surface area contributed by atoms with E-state index in [2.05, 4.69) is 20.8 Å². The third kappa shape index (κ3) is 8.04. The SMILES string of the molecule is O=C(Cc1csc(Nc2cccc(C(F)(F)F)c2)n1)N/N=C\c1ccc(OCc2ccc(C(=O)O)cc2)c(Cl)c1. The number of hydrogen-bond donors (Lipinski definition) is 3. The Morgan fingerprint density at radius 1 is 1.10 bits per heavy atom. The molecule has 0 aliphatic heterocycles. The van der Waals surface area contributed by atoms with E-state index in [1.165, 1.54) is 30.5 Å². The number of anilines is 2. The fourth-order valence-electron chi connectivity index (χ4n) is 3.34. The zero-order chi connectivity index (χ0) is 28.7. The van der Waals surface area contributed by atoms with Gasteiger partial charge in [0.15, 0.2) is 5.13 Å². The van der Waals surface area contributed by atoms with Crippen LogP contribution in [0.1, 0.15) is 32.7 Å². The number of hydrogen-bond acceptors (Lipinski definition) is 7.